The van der Waals surface area contributed by atoms with E-state index in [1.54, 1.807) is 0 Å². The molecular weight excluding hydrogens is 288 g/mol. The van der Waals surface area contributed by atoms with E-state index in [4.69, 9.17) is 4.74 Å². The van der Waals surface area contributed by atoms with Crippen molar-refractivity contribution < 1.29 is 9.53 Å². The lowest BCUT2D eigenvalue weighted by Crippen LogP contribution is -2.51. The Morgan fingerprint density at radius 1 is 1.09 bits per heavy atom. The molecule has 2 fully saturated rings. The quantitative estimate of drug-likeness (QED) is 0.846. The maximum absolute atomic E-state index is 12.1. The summed E-state index contributed by atoms with van der Waals surface area (Å²) in [6.45, 7) is 12.1. The van der Waals surface area contributed by atoms with Gasteiger partial charge in [-0.1, -0.05) is 26.7 Å². The number of nitrogens with zero attached hydrogens (tertiary/aromatic N) is 1. The number of ether oxygens (including phenoxy) is 1. The number of amides is 1. The van der Waals surface area contributed by atoms with E-state index in [2.05, 4.69) is 19.2 Å². The number of hydrogen-bond donors (Lipinski definition) is 1. The van der Waals surface area contributed by atoms with Crippen LogP contribution in [0.15, 0.2) is 0 Å². The second-order valence-electron chi connectivity index (χ2n) is 8.71. The summed E-state index contributed by atoms with van der Waals surface area (Å²) in [5, 5.41) is 3.92. The molecule has 0 aromatic rings. The summed E-state index contributed by atoms with van der Waals surface area (Å²) in [4.78, 5) is 14.0. The molecule has 0 radical (unpaired) electrons. The van der Waals surface area contributed by atoms with Crippen LogP contribution in [0.3, 0.4) is 0 Å². The molecular formula is C19H36N2O2. The number of rotatable bonds is 3. The monoisotopic (exact) mass is 324 g/mol. The molecule has 1 heterocycles. The summed E-state index contributed by atoms with van der Waals surface area (Å²) in [6, 6.07) is 1.22. The van der Waals surface area contributed by atoms with E-state index >= 15 is 0 Å². The predicted molar refractivity (Wildman–Crippen MR) is 94.5 cm³/mol. The molecule has 0 aromatic carbocycles. The molecule has 1 aliphatic carbocycles. The van der Waals surface area contributed by atoms with Gasteiger partial charge in [-0.05, 0) is 58.3 Å². The van der Waals surface area contributed by atoms with Crippen molar-refractivity contribution in [3.8, 4) is 0 Å². The Morgan fingerprint density at radius 2 is 1.70 bits per heavy atom. The number of carbonyl (C=O) groups is 1. The average Bonchev–Trinajstić information content (AvgIpc) is 2.46. The molecule has 1 aliphatic heterocycles. The Hall–Kier alpha value is -0.770. The normalized spacial score (nSPS) is 27.3. The van der Waals surface area contributed by atoms with Gasteiger partial charge < -0.3 is 15.0 Å². The van der Waals surface area contributed by atoms with Crippen molar-refractivity contribution in [1.82, 2.24) is 10.2 Å². The van der Waals surface area contributed by atoms with Crippen LogP contribution in [-0.2, 0) is 4.74 Å². The van der Waals surface area contributed by atoms with Crippen molar-refractivity contribution in [3.63, 3.8) is 0 Å². The molecule has 1 N–H and O–H groups in total. The van der Waals surface area contributed by atoms with Crippen LogP contribution in [-0.4, -0.2) is 41.8 Å². The zero-order valence-electron chi connectivity index (χ0n) is 15.7. The minimum absolute atomic E-state index is 0.159. The lowest BCUT2D eigenvalue weighted by molar-refractivity contribution is 0.0190. The predicted octanol–water partition coefficient (Wildman–Crippen LogP) is 4.19. The molecule has 2 aliphatic rings. The zero-order chi connectivity index (χ0) is 17.0. The Bertz CT molecular complexity index is 381. The molecule has 2 unspecified atom stereocenters. The molecule has 0 bridgehead atoms. The van der Waals surface area contributed by atoms with Gasteiger partial charge in [0.05, 0.1) is 0 Å². The number of hydrogen-bond acceptors (Lipinski definition) is 3. The molecule has 0 aromatic heterocycles. The van der Waals surface area contributed by atoms with E-state index in [-0.39, 0.29) is 6.09 Å². The Kier molecular flexibility index (Phi) is 6.35. The fourth-order valence-electron chi connectivity index (χ4n) is 4.02. The van der Waals surface area contributed by atoms with Gasteiger partial charge in [-0.25, -0.2) is 4.79 Å². The molecule has 2 atom stereocenters. The SMILES string of the molecule is CC(C)C1CCCCC1NC1CCN(C(=O)OC(C)(C)C)CC1. The molecule has 1 saturated heterocycles. The minimum atomic E-state index is -0.404. The van der Waals surface area contributed by atoms with E-state index in [0.717, 1.165) is 37.8 Å². The first-order valence-electron chi connectivity index (χ1n) is 9.50. The molecule has 0 spiro atoms. The van der Waals surface area contributed by atoms with Crippen LogP contribution in [0.4, 0.5) is 4.79 Å². The highest BCUT2D eigenvalue weighted by atomic mass is 16.6. The van der Waals surface area contributed by atoms with Gasteiger partial charge in [0.2, 0.25) is 0 Å². The summed E-state index contributed by atoms with van der Waals surface area (Å²) in [5.74, 6) is 1.57. The highest BCUT2D eigenvalue weighted by molar-refractivity contribution is 5.68. The first-order chi connectivity index (χ1) is 10.8. The molecule has 134 valence electrons. The lowest BCUT2D eigenvalue weighted by atomic mass is 9.77. The van der Waals surface area contributed by atoms with E-state index in [9.17, 15) is 4.79 Å². The largest absolute Gasteiger partial charge is 0.444 e. The van der Waals surface area contributed by atoms with E-state index in [1.807, 2.05) is 25.7 Å². The Morgan fingerprint density at radius 3 is 2.26 bits per heavy atom. The third-order valence-corrected chi connectivity index (χ3v) is 5.27. The van der Waals surface area contributed by atoms with Crippen LogP contribution in [0.5, 0.6) is 0 Å². The number of nitrogens with one attached hydrogen (secondary N) is 1. The topological polar surface area (TPSA) is 41.6 Å². The van der Waals surface area contributed by atoms with Gasteiger partial charge in [0, 0.05) is 25.2 Å². The summed E-state index contributed by atoms with van der Waals surface area (Å²) in [5.41, 5.74) is -0.404. The van der Waals surface area contributed by atoms with Gasteiger partial charge in [0.25, 0.3) is 0 Å². The third-order valence-electron chi connectivity index (χ3n) is 5.27. The fraction of sp³-hybridized carbons (Fsp3) is 0.947. The molecule has 4 heteroatoms. The van der Waals surface area contributed by atoms with Gasteiger partial charge in [-0.15, -0.1) is 0 Å². The van der Waals surface area contributed by atoms with Crippen molar-refractivity contribution in [1.29, 1.82) is 0 Å². The summed E-state index contributed by atoms with van der Waals surface area (Å²) in [7, 11) is 0. The summed E-state index contributed by atoms with van der Waals surface area (Å²) in [6.07, 6.45) is 7.35. The van der Waals surface area contributed by atoms with Crippen molar-refractivity contribution in [2.24, 2.45) is 11.8 Å². The van der Waals surface area contributed by atoms with Gasteiger partial charge in [-0.3, -0.25) is 0 Å². The molecule has 1 amide bonds. The number of piperidine rings is 1. The Balaban J connectivity index is 1.79. The maximum atomic E-state index is 12.1. The molecule has 23 heavy (non-hydrogen) atoms. The first-order valence-corrected chi connectivity index (χ1v) is 9.50. The van der Waals surface area contributed by atoms with Crippen LogP contribution in [0.1, 0.15) is 73.1 Å². The van der Waals surface area contributed by atoms with Crippen molar-refractivity contribution in [2.45, 2.75) is 90.8 Å². The highest BCUT2D eigenvalue weighted by Gasteiger charge is 2.31. The second-order valence-corrected chi connectivity index (χ2v) is 8.71. The van der Waals surface area contributed by atoms with Crippen molar-refractivity contribution in [2.75, 3.05) is 13.1 Å². The van der Waals surface area contributed by atoms with Crippen LogP contribution < -0.4 is 5.32 Å². The minimum Gasteiger partial charge on any atom is -0.444 e. The lowest BCUT2D eigenvalue weighted by Gasteiger charge is -2.40. The smallest absolute Gasteiger partial charge is 0.410 e. The standard InChI is InChI=1S/C19H36N2O2/c1-14(2)16-8-6-7-9-17(16)20-15-10-12-21(13-11-15)18(22)23-19(3,4)5/h14-17,20H,6-13H2,1-5H3. The van der Waals surface area contributed by atoms with Crippen molar-refractivity contribution >= 4 is 6.09 Å². The maximum Gasteiger partial charge on any atom is 0.410 e. The summed E-state index contributed by atoms with van der Waals surface area (Å²) < 4.78 is 5.48. The van der Waals surface area contributed by atoms with Crippen LogP contribution in [0.25, 0.3) is 0 Å². The number of carbonyl (C=O) groups excluding carboxylic acids is 1. The van der Waals surface area contributed by atoms with Crippen molar-refractivity contribution in [3.05, 3.63) is 0 Å². The van der Waals surface area contributed by atoms with Crippen LogP contribution in [0, 0.1) is 11.8 Å². The molecule has 4 nitrogen and oxygen atoms in total. The third kappa shape index (κ3) is 5.66. The Labute approximate surface area is 142 Å². The number of likely N-dealkylation sites (tertiary alicyclic amines) is 1. The average molecular weight is 325 g/mol. The summed E-state index contributed by atoms with van der Waals surface area (Å²) >= 11 is 0. The van der Waals surface area contributed by atoms with Gasteiger partial charge in [0.1, 0.15) is 5.60 Å². The highest BCUT2D eigenvalue weighted by Crippen LogP contribution is 2.31. The zero-order valence-corrected chi connectivity index (χ0v) is 15.7. The first kappa shape index (κ1) is 18.6. The van der Waals surface area contributed by atoms with Crippen LogP contribution >= 0.6 is 0 Å². The second kappa shape index (κ2) is 7.87. The van der Waals surface area contributed by atoms with Gasteiger partial charge in [-0.2, -0.15) is 0 Å². The van der Waals surface area contributed by atoms with E-state index in [1.165, 1.54) is 25.7 Å². The molecule has 2 rings (SSSR count). The van der Waals surface area contributed by atoms with Gasteiger partial charge >= 0.3 is 6.09 Å². The molecule has 1 saturated carbocycles. The van der Waals surface area contributed by atoms with E-state index < -0.39 is 5.60 Å². The van der Waals surface area contributed by atoms with E-state index in [0.29, 0.717) is 12.1 Å². The fourth-order valence-corrected chi connectivity index (χ4v) is 4.02. The van der Waals surface area contributed by atoms with Crippen LogP contribution in [0.2, 0.25) is 0 Å². The van der Waals surface area contributed by atoms with Gasteiger partial charge in [0.15, 0.2) is 0 Å².